The maximum atomic E-state index is 4.87. The molecule has 0 spiro atoms. The molecule has 0 unspecified atom stereocenters. The Morgan fingerprint density at radius 2 is 1.86 bits per heavy atom. The van der Waals surface area contributed by atoms with Crippen LogP contribution in [0.3, 0.4) is 0 Å². The summed E-state index contributed by atoms with van der Waals surface area (Å²) in [7, 11) is 0. The number of fused-ring (bicyclic) bond motifs is 1. The smallest absolute Gasteiger partial charge is 0.228 e. The molecule has 2 fully saturated rings. The number of anilines is 4. The van der Waals surface area contributed by atoms with Crippen molar-refractivity contribution in [3.63, 3.8) is 0 Å². The zero-order valence-electron chi connectivity index (χ0n) is 16.0. The molecule has 0 atom stereocenters. The minimum atomic E-state index is 0.687. The first-order valence-electron chi connectivity index (χ1n) is 10.0. The van der Waals surface area contributed by atoms with Gasteiger partial charge in [-0.3, -0.25) is 0 Å². The lowest BCUT2D eigenvalue weighted by atomic mass is 10.3. The fourth-order valence-corrected chi connectivity index (χ4v) is 3.80. The van der Waals surface area contributed by atoms with E-state index in [4.69, 9.17) is 9.97 Å². The standard InChI is InChI=1S/C20H23BrN8/c21-14-3-1-2-4-15(14)26-19-16-17(18(25-12-24-16)23-11-13-5-6-13)27-20(28-19)29-9-7-22-8-10-29/h1-4,12-13,22H,5-11H2,(H,23,24,25)(H,26,27,28). The van der Waals surface area contributed by atoms with Gasteiger partial charge in [-0.1, -0.05) is 12.1 Å². The van der Waals surface area contributed by atoms with Crippen LogP contribution in [-0.4, -0.2) is 52.7 Å². The first-order valence-corrected chi connectivity index (χ1v) is 10.8. The van der Waals surface area contributed by atoms with E-state index >= 15 is 0 Å². The highest BCUT2D eigenvalue weighted by molar-refractivity contribution is 9.10. The summed E-state index contributed by atoms with van der Waals surface area (Å²) in [6.07, 6.45) is 4.15. The molecule has 29 heavy (non-hydrogen) atoms. The zero-order valence-corrected chi connectivity index (χ0v) is 17.6. The molecule has 8 nitrogen and oxygen atoms in total. The molecular weight excluding hydrogens is 432 g/mol. The van der Waals surface area contributed by atoms with E-state index in [9.17, 15) is 0 Å². The van der Waals surface area contributed by atoms with Crippen molar-refractivity contribution >= 4 is 50.2 Å². The molecule has 0 amide bonds. The molecule has 0 radical (unpaired) electrons. The lowest BCUT2D eigenvalue weighted by molar-refractivity contribution is 0.581. The number of benzene rings is 1. The molecule has 0 bridgehead atoms. The molecule has 150 valence electrons. The predicted molar refractivity (Wildman–Crippen MR) is 119 cm³/mol. The van der Waals surface area contributed by atoms with Gasteiger partial charge in [-0.25, -0.2) is 15.0 Å². The van der Waals surface area contributed by atoms with Crippen LogP contribution in [0, 0.1) is 5.92 Å². The van der Waals surface area contributed by atoms with Crippen LogP contribution in [0.5, 0.6) is 0 Å². The molecule has 2 aliphatic rings. The van der Waals surface area contributed by atoms with Gasteiger partial charge in [-0.2, -0.15) is 4.98 Å². The number of piperazine rings is 1. The number of hydrogen-bond donors (Lipinski definition) is 3. The fraction of sp³-hybridized carbons (Fsp3) is 0.400. The maximum absolute atomic E-state index is 4.87. The van der Waals surface area contributed by atoms with Gasteiger partial charge in [0.15, 0.2) is 11.6 Å². The van der Waals surface area contributed by atoms with E-state index in [1.165, 1.54) is 12.8 Å². The monoisotopic (exact) mass is 454 g/mol. The highest BCUT2D eigenvalue weighted by atomic mass is 79.9. The van der Waals surface area contributed by atoms with E-state index in [0.29, 0.717) is 17.3 Å². The Hall–Kier alpha value is -2.52. The average molecular weight is 455 g/mol. The molecule has 3 N–H and O–H groups in total. The van der Waals surface area contributed by atoms with Crippen molar-refractivity contribution in [1.82, 2.24) is 25.3 Å². The molecular formula is C20H23BrN8. The van der Waals surface area contributed by atoms with E-state index in [2.05, 4.69) is 46.7 Å². The van der Waals surface area contributed by atoms with Crippen LogP contribution >= 0.6 is 15.9 Å². The van der Waals surface area contributed by atoms with Crippen molar-refractivity contribution in [2.75, 3.05) is 48.3 Å². The van der Waals surface area contributed by atoms with E-state index < -0.39 is 0 Å². The van der Waals surface area contributed by atoms with E-state index in [0.717, 1.165) is 60.1 Å². The normalized spacial score (nSPS) is 16.8. The van der Waals surface area contributed by atoms with Crippen LogP contribution in [0.4, 0.5) is 23.3 Å². The topological polar surface area (TPSA) is 90.9 Å². The summed E-state index contributed by atoms with van der Waals surface area (Å²) in [5, 5.41) is 10.3. The Morgan fingerprint density at radius 3 is 2.66 bits per heavy atom. The quantitative estimate of drug-likeness (QED) is 0.523. The van der Waals surface area contributed by atoms with Crippen molar-refractivity contribution in [2.45, 2.75) is 12.8 Å². The lowest BCUT2D eigenvalue weighted by Crippen LogP contribution is -2.44. The number of halogens is 1. The molecule has 1 saturated carbocycles. The molecule has 1 aromatic carbocycles. The SMILES string of the molecule is Brc1ccccc1Nc1nc(N2CCNCC2)nc2c(NCC3CC3)ncnc12. The van der Waals surface area contributed by atoms with Crippen LogP contribution < -0.4 is 20.9 Å². The van der Waals surface area contributed by atoms with Gasteiger partial charge >= 0.3 is 0 Å². The van der Waals surface area contributed by atoms with E-state index in [1.54, 1.807) is 6.33 Å². The van der Waals surface area contributed by atoms with Crippen LogP contribution in [0.2, 0.25) is 0 Å². The average Bonchev–Trinajstić information content (AvgIpc) is 3.59. The summed E-state index contributed by atoms with van der Waals surface area (Å²) >= 11 is 3.61. The largest absolute Gasteiger partial charge is 0.368 e. The third-order valence-corrected chi connectivity index (χ3v) is 5.94. The van der Waals surface area contributed by atoms with Gasteiger partial charge in [0.2, 0.25) is 5.95 Å². The predicted octanol–water partition coefficient (Wildman–Crippen LogP) is 3.16. The maximum Gasteiger partial charge on any atom is 0.228 e. The Labute approximate surface area is 177 Å². The highest BCUT2D eigenvalue weighted by Crippen LogP contribution is 2.32. The minimum absolute atomic E-state index is 0.687. The van der Waals surface area contributed by atoms with Gasteiger partial charge in [0.25, 0.3) is 0 Å². The minimum Gasteiger partial charge on any atom is -0.368 e. The molecule has 3 heterocycles. The van der Waals surface area contributed by atoms with Crippen molar-refractivity contribution < 1.29 is 0 Å². The third kappa shape index (κ3) is 4.11. The summed E-state index contributed by atoms with van der Waals surface area (Å²) in [6, 6.07) is 7.99. The Kier molecular flexibility index (Phi) is 5.15. The molecule has 1 saturated heterocycles. The van der Waals surface area contributed by atoms with E-state index in [-0.39, 0.29) is 0 Å². The van der Waals surface area contributed by atoms with Gasteiger partial charge in [0.05, 0.1) is 5.69 Å². The second-order valence-corrected chi connectivity index (χ2v) is 8.31. The van der Waals surface area contributed by atoms with Crippen molar-refractivity contribution in [3.8, 4) is 0 Å². The van der Waals surface area contributed by atoms with Crippen molar-refractivity contribution in [1.29, 1.82) is 0 Å². The van der Waals surface area contributed by atoms with Crippen LogP contribution in [0.15, 0.2) is 35.1 Å². The summed E-state index contributed by atoms with van der Waals surface area (Å²) in [4.78, 5) is 20.9. The number of para-hydroxylation sites is 1. The van der Waals surface area contributed by atoms with Crippen molar-refractivity contribution in [3.05, 3.63) is 35.1 Å². The summed E-state index contributed by atoms with van der Waals surface area (Å²) in [6.45, 7) is 4.52. The molecule has 3 aromatic rings. The number of nitrogens with zero attached hydrogens (tertiary/aromatic N) is 5. The van der Waals surface area contributed by atoms with Crippen LogP contribution in [0.1, 0.15) is 12.8 Å². The molecule has 9 heteroatoms. The molecule has 1 aliphatic carbocycles. The van der Waals surface area contributed by atoms with Crippen LogP contribution in [-0.2, 0) is 0 Å². The zero-order chi connectivity index (χ0) is 19.6. The third-order valence-electron chi connectivity index (χ3n) is 5.25. The first-order chi connectivity index (χ1) is 14.3. The highest BCUT2D eigenvalue weighted by Gasteiger charge is 2.23. The molecule has 2 aromatic heterocycles. The Balaban J connectivity index is 1.58. The van der Waals surface area contributed by atoms with Gasteiger partial charge < -0.3 is 20.9 Å². The van der Waals surface area contributed by atoms with Crippen LogP contribution in [0.25, 0.3) is 11.0 Å². The van der Waals surface area contributed by atoms with Gasteiger partial charge in [-0.15, -0.1) is 0 Å². The van der Waals surface area contributed by atoms with Gasteiger partial charge in [-0.05, 0) is 46.8 Å². The Morgan fingerprint density at radius 1 is 1.03 bits per heavy atom. The lowest BCUT2D eigenvalue weighted by Gasteiger charge is -2.28. The summed E-state index contributed by atoms with van der Waals surface area (Å²) < 4.78 is 0.969. The van der Waals surface area contributed by atoms with Crippen molar-refractivity contribution in [2.24, 2.45) is 5.92 Å². The summed E-state index contributed by atoms with van der Waals surface area (Å²) in [5.41, 5.74) is 2.41. The Bertz CT molecular complexity index is 1020. The second-order valence-electron chi connectivity index (χ2n) is 7.46. The number of aromatic nitrogens is 4. The summed E-state index contributed by atoms with van der Waals surface area (Å²) in [5.74, 6) is 2.91. The van der Waals surface area contributed by atoms with E-state index in [1.807, 2.05) is 24.3 Å². The first kappa shape index (κ1) is 18.5. The number of nitrogens with one attached hydrogen (secondary N) is 3. The fourth-order valence-electron chi connectivity index (χ4n) is 3.41. The number of rotatable bonds is 6. The molecule has 5 rings (SSSR count). The number of hydrogen-bond acceptors (Lipinski definition) is 8. The van der Waals surface area contributed by atoms with Gasteiger partial charge in [0.1, 0.15) is 17.4 Å². The second kappa shape index (κ2) is 8.08. The van der Waals surface area contributed by atoms with Gasteiger partial charge in [0, 0.05) is 37.2 Å². The molecule has 1 aliphatic heterocycles.